The predicted octanol–water partition coefficient (Wildman–Crippen LogP) is 0.596. The van der Waals surface area contributed by atoms with Crippen molar-refractivity contribution in [2.75, 3.05) is 13.1 Å². The fourth-order valence-corrected chi connectivity index (χ4v) is 2.35. The minimum atomic E-state index is -0.994. The van der Waals surface area contributed by atoms with Crippen LogP contribution in [0.2, 0.25) is 0 Å². The second-order valence-corrected chi connectivity index (χ2v) is 6.00. The Kier molecular flexibility index (Phi) is 3.15. The summed E-state index contributed by atoms with van der Waals surface area (Å²) >= 11 is 0. The van der Waals surface area contributed by atoms with Gasteiger partial charge in [-0.25, -0.2) is 9.59 Å². The number of nitrogens with one attached hydrogen (secondary N) is 2. The molecular weight excluding hydrogens is 250 g/mol. The van der Waals surface area contributed by atoms with Gasteiger partial charge in [0.05, 0.1) is 6.54 Å². The fraction of sp³-hybridized carbons (Fsp3) is 0.750. The molecule has 2 saturated heterocycles. The summed E-state index contributed by atoms with van der Waals surface area (Å²) in [5, 5.41) is 4.83. The monoisotopic (exact) mass is 269 g/mol. The predicted molar refractivity (Wildman–Crippen MR) is 66.4 cm³/mol. The van der Waals surface area contributed by atoms with Crippen molar-refractivity contribution in [3.63, 3.8) is 0 Å². The molecule has 0 saturated carbocycles. The van der Waals surface area contributed by atoms with Crippen molar-refractivity contribution in [2.24, 2.45) is 0 Å². The molecule has 1 spiro atoms. The fourth-order valence-electron chi connectivity index (χ4n) is 2.35. The summed E-state index contributed by atoms with van der Waals surface area (Å²) in [7, 11) is 0. The van der Waals surface area contributed by atoms with Crippen molar-refractivity contribution < 1.29 is 19.1 Å². The van der Waals surface area contributed by atoms with Crippen LogP contribution in [-0.2, 0) is 9.53 Å². The van der Waals surface area contributed by atoms with E-state index in [2.05, 4.69) is 10.6 Å². The summed E-state index contributed by atoms with van der Waals surface area (Å²) in [4.78, 5) is 36.6. The highest BCUT2D eigenvalue weighted by atomic mass is 16.6. The molecule has 7 heteroatoms. The zero-order valence-electron chi connectivity index (χ0n) is 11.4. The van der Waals surface area contributed by atoms with Gasteiger partial charge in [-0.15, -0.1) is 0 Å². The van der Waals surface area contributed by atoms with Crippen LogP contribution in [0.3, 0.4) is 0 Å². The van der Waals surface area contributed by atoms with E-state index in [0.717, 1.165) is 0 Å². The van der Waals surface area contributed by atoms with Gasteiger partial charge in [0.25, 0.3) is 5.91 Å². The molecule has 0 bridgehead atoms. The summed E-state index contributed by atoms with van der Waals surface area (Å²) in [6, 6.07) is -0.504. The first kappa shape index (κ1) is 13.6. The van der Waals surface area contributed by atoms with E-state index in [1.165, 1.54) is 4.90 Å². The smallest absolute Gasteiger partial charge is 0.410 e. The largest absolute Gasteiger partial charge is 0.444 e. The Balaban J connectivity index is 2.07. The Hall–Kier alpha value is -1.79. The van der Waals surface area contributed by atoms with Gasteiger partial charge in [-0.1, -0.05) is 0 Å². The number of hydrogen-bond acceptors (Lipinski definition) is 4. The zero-order valence-corrected chi connectivity index (χ0v) is 11.4. The molecule has 2 rings (SSSR count). The minimum Gasteiger partial charge on any atom is -0.444 e. The van der Waals surface area contributed by atoms with Crippen molar-refractivity contribution >= 4 is 18.0 Å². The first-order valence-electron chi connectivity index (χ1n) is 6.33. The summed E-state index contributed by atoms with van der Waals surface area (Å²) in [5.41, 5.74) is -1.57. The number of carbonyl (C=O) groups is 3. The molecule has 1 atom stereocenters. The molecular formula is C12H19N3O4. The standard InChI is InChI=1S/C12H19N3O4/c1-11(2,3)19-10(18)15-6-4-5-12(7-15)8(16)13-9(17)14-12/h4-7H2,1-3H3,(H2,13,14,16,17)/t12-/m0/s1. The molecule has 0 unspecified atom stereocenters. The lowest BCUT2D eigenvalue weighted by Crippen LogP contribution is -2.60. The highest BCUT2D eigenvalue weighted by Gasteiger charge is 2.49. The van der Waals surface area contributed by atoms with Gasteiger partial charge in [-0.2, -0.15) is 0 Å². The van der Waals surface area contributed by atoms with Gasteiger partial charge in [0.15, 0.2) is 0 Å². The Morgan fingerprint density at radius 3 is 2.58 bits per heavy atom. The van der Waals surface area contributed by atoms with Crippen LogP contribution in [0.5, 0.6) is 0 Å². The van der Waals surface area contributed by atoms with Crippen molar-refractivity contribution in [3.8, 4) is 0 Å². The number of carbonyl (C=O) groups excluding carboxylic acids is 3. The first-order valence-corrected chi connectivity index (χ1v) is 6.33. The van der Waals surface area contributed by atoms with E-state index in [4.69, 9.17) is 4.74 Å². The highest BCUT2D eigenvalue weighted by Crippen LogP contribution is 2.25. The van der Waals surface area contributed by atoms with Crippen molar-refractivity contribution in [3.05, 3.63) is 0 Å². The van der Waals surface area contributed by atoms with E-state index in [0.29, 0.717) is 19.4 Å². The van der Waals surface area contributed by atoms with Crippen LogP contribution >= 0.6 is 0 Å². The molecule has 0 aromatic heterocycles. The van der Waals surface area contributed by atoms with Gasteiger partial charge in [0.2, 0.25) is 0 Å². The van der Waals surface area contributed by atoms with Crippen LogP contribution in [0.15, 0.2) is 0 Å². The summed E-state index contributed by atoms with van der Waals surface area (Å²) in [6.07, 6.45) is 0.720. The Labute approximate surface area is 111 Å². The number of rotatable bonds is 0. The first-order chi connectivity index (χ1) is 8.72. The van der Waals surface area contributed by atoms with E-state index in [1.54, 1.807) is 20.8 Å². The normalized spacial score (nSPS) is 27.2. The maximum absolute atomic E-state index is 12.0. The molecule has 2 fully saturated rings. The topological polar surface area (TPSA) is 87.7 Å². The molecule has 2 aliphatic rings. The van der Waals surface area contributed by atoms with Crippen LogP contribution in [0.25, 0.3) is 0 Å². The third-order valence-corrected chi connectivity index (χ3v) is 3.16. The summed E-state index contributed by atoms with van der Waals surface area (Å²) < 4.78 is 5.28. The maximum atomic E-state index is 12.0. The molecule has 2 aliphatic heterocycles. The van der Waals surface area contributed by atoms with Crippen LogP contribution in [0.4, 0.5) is 9.59 Å². The Morgan fingerprint density at radius 2 is 2.05 bits per heavy atom. The number of piperidine rings is 1. The molecule has 0 radical (unpaired) electrons. The van der Waals surface area contributed by atoms with Crippen molar-refractivity contribution in [2.45, 2.75) is 44.8 Å². The average molecular weight is 269 g/mol. The lowest BCUT2D eigenvalue weighted by Gasteiger charge is -2.38. The second kappa shape index (κ2) is 4.40. The summed E-state index contributed by atoms with van der Waals surface area (Å²) in [5.74, 6) is -0.370. The number of amides is 4. The number of ether oxygens (including phenoxy) is 1. The van der Waals surface area contributed by atoms with Crippen LogP contribution in [0.1, 0.15) is 33.6 Å². The number of likely N-dealkylation sites (tertiary alicyclic amines) is 1. The van der Waals surface area contributed by atoms with E-state index in [1.807, 2.05) is 0 Å². The van der Waals surface area contributed by atoms with Crippen LogP contribution < -0.4 is 10.6 Å². The Morgan fingerprint density at radius 1 is 1.37 bits per heavy atom. The number of urea groups is 1. The van der Waals surface area contributed by atoms with Crippen molar-refractivity contribution in [1.29, 1.82) is 0 Å². The van der Waals surface area contributed by atoms with E-state index in [9.17, 15) is 14.4 Å². The molecule has 106 valence electrons. The van der Waals surface area contributed by atoms with Gasteiger partial charge in [0, 0.05) is 6.54 Å². The van der Waals surface area contributed by atoms with E-state index in [-0.39, 0.29) is 12.5 Å². The molecule has 4 amide bonds. The molecule has 2 heterocycles. The van der Waals surface area contributed by atoms with Crippen molar-refractivity contribution in [1.82, 2.24) is 15.5 Å². The van der Waals surface area contributed by atoms with E-state index >= 15 is 0 Å². The quantitative estimate of drug-likeness (QED) is 0.630. The van der Waals surface area contributed by atoms with Crippen LogP contribution in [-0.4, -0.2) is 47.2 Å². The van der Waals surface area contributed by atoms with Gasteiger partial charge >= 0.3 is 12.1 Å². The molecule has 0 aliphatic carbocycles. The SMILES string of the molecule is CC(C)(C)OC(=O)N1CCC[C@@]2(C1)NC(=O)NC2=O. The Bertz CT molecular complexity index is 429. The van der Waals surface area contributed by atoms with Gasteiger partial charge < -0.3 is 15.0 Å². The molecule has 7 nitrogen and oxygen atoms in total. The van der Waals surface area contributed by atoms with Gasteiger partial charge in [0.1, 0.15) is 11.1 Å². The van der Waals surface area contributed by atoms with Crippen LogP contribution in [0, 0.1) is 0 Å². The average Bonchev–Trinajstić information content (AvgIpc) is 2.51. The lowest BCUT2D eigenvalue weighted by molar-refractivity contribution is -0.125. The zero-order chi connectivity index (χ0) is 14.3. The highest BCUT2D eigenvalue weighted by molar-refractivity contribution is 6.07. The minimum absolute atomic E-state index is 0.152. The van der Waals surface area contributed by atoms with Gasteiger partial charge in [-0.3, -0.25) is 10.1 Å². The van der Waals surface area contributed by atoms with E-state index < -0.39 is 23.3 Å². The molecule has 19 heavy (non-hydrogen) atoms. The maximum Gasteiger partial charge on any atom is 0.410 e. The number of hydrogen-bond donors (Lipinski definition) is 2. The summed E-state index contributed by atoms with van der Waals surface area (Å²) in [6.45, 7) is 6.04. The third kappa shape index (κ3) is 2.80. The molecule has 2 N–H and O–H groups in total. The lowest BCUT2D eigenvalue weighted by atomic mass is 9.89. The second-order valence-electron chi connectivity index (χ2n) is 6.00. The molecule has 0 aromatic carbocycles. The number of imide groups is 1. The van der Waals surface area contributed by atoms with Gasteiger partial charge in [-0.05, 0) is 33.6 Å². The third-order valence-electron chi connectivity index (χ3n) is 3.16. The number of nitrogens with zero attached hydrogens (tertiary/aromatic N) is 1. The molecule has 0 aromatic rings.